The van der Waals surface area contributed by atoms with Gasteiger partial charge in [-0.15, -0.1) is 0 Å². The quantitative estimate of drug-likeness (QED) is 0.716. The fraction of sp³-hybridized carbons (Fsp3) is 0.478. The van der Waals surface area contributed by atoms with Gasteiger partial charge in [0.05, 0.1) is 6.10 Å². The Morgan fingerprint density at radius 1 is 1.00 bits per heavy atom. The molecule has 5 heteroatoms. The molecule has 0 radical (unpaired) electrons. The maximum Gasteiger partial charge on any atom is 0.123 e. The fourth-order valence-electron chi connectivity index (χ4n) is 3.73. The van der Waals surface area contributed by atoms with Crippen molar-refractivity contribution >= 4 is 0 Å². The Hall–Kier alpha value is -1.79. The number of hydrogen-bond acceptors (Lipinski definition) is 4. The van der Waals surface area contributed by atoms with Crippen molar-refractivity contribution in [2.75, 3.05) is 39.3 Å². The predicted octanol–water partition coefficient (Wildman–Crippen LogP) is 3.47. The van der Waals surface area contributed by atoms with Crippen LogP contribution in [-0.2, 0) is 11.2 Å². The summed E-state index contributed by atoms with van der Waals surface area (Å²) in [7, 11) is 0. The SMILES string of the molecule is CCOC(Cc1ccccc1)N1CCN(CCC(O)c2ccc(F)cc2)CC1. The van der Waals surface area contributed by atoms with Crippen molar-refractivity contribution in [1.29, 1.82) is 0 Å². The van der Waals surface area contributed by atoms with E-state index in [1.54, 1.807) is 12.1 Å². The largest absolute Gasteiger partial charge is 0.388 e. The average molecular weight is 387 g/mol. The number of rotatable bonds is 9. The molecular formula is C23H31FN2O2. The van der Waals surface area contributed by atoms with Gasteiger partial charge >= 0.3 is 0 Å². The molecule has 0 aromatic heterocycles. The molecule has 0 spiro atoms. The summed E-state index contributed by atoms with van der Waals surface area (Å²) < 4.78 is 19.0. The number of nitrogens with zero attached hydrogens (tertiary/aromatic N) is 2. The second kappa shape index (κ2) is 10.7. The number of halogens is 1. The Morgan fingerprint density at radius 2 is 1.68 bits per heavy atom. The van der Waals surface area contributed by atoms with Gasteiger partial charge in [-0.05, 0) is 36.6 Å². The molecule has 1 aliphatic rings. The number of ether oxygens (including phenoxy) is 1. The van der Waals surface area contributed by atoms with Gasteiger partial charge in [0.25, 0.3) is 0 Å². The van der Waals surface area contributed by atoms with Gasteiger partial charge in [-0.25, -0.2) is 4.39 Å². The van der Waals surface area contributed by atoms with E-state index in [2.05, 4.69) is 34.1 Å². The van der Waals surface area contributed by atoms with Crippen molar-refractivity contribution in [3.63, 3.8) is 0 Å². The van der Waals surface area contributed by atoms with Gasteiger partial charge in [-0.1, -0.05) is 42.5 Å². The minimum Gasteiger partial charge on any atom is -0.388 e. The van der Waals surface area contributed by atoms with E-state index in [4.69, 9.17) is 4.74 Å². The van der Waals surface area contributed by atoms with Crippen LogP contribution in [0.2, 0.25) is 0 Å². The topological polar surface area (TPSA) is 35.9 Å². The Bertz CT molecular complexity index is 688. The number of benzene rings is 2. The molecule has 0 amide bonds. The molecule has 0 bridgehead atoms. The second-order valence-corrected chi connectivity index (χ2v) is 7.33. The first-order chi connectivity index (χ1) is 13.7. The van der Waals surface area contributed by atoms with Crippen LogP contribution in [0.4, 0.5) is 4.39 Å². The molecule has 1 fully saturated rings. The number of aliphatic hydroxyl groups excluding tert-OH is 1. The lowest BCUT2D eigenvalue weighted by molar-refractivity contribution is -0.0719. The van der Waals surface area contributed by atoms with Crippen molar-refractivity contribution in [3.8, 4) is 0 Å². The first-order valence-electron chi connectivity index (χ1n) is 10.2. The maximum atomic E-state index is 13.0. The van der Waals surface area contributed by atoms with E-state index in [1.165, 1.54) is 17.7 Å². The molecule has 2 aromatic carbocycles. The van der Waals surface area contributed by atoms with Crippen LogP contribution in [0.3, 0.4) is 0 Å². The van der Waals surface area contributed by atoms with Crippen molar-refractivity contribution in [3.05, 3.63) is 71.5 Å². The first kappa shape index (κ1) is 20.9. The number of piperazine rings is 1. The zero-order valence-corrected chi connectivity index (χ0v) is 16.6. The molecule has 2 atom stereocenters. The van der Waals surface area contributed by atoms with Crippen LogP contribution in [0.5, 0.6) is 0 Å². The third-order valence-corrected chi connectivity index (χ3v) is 5.40. The van der Waals surface area contributed by atoms with Gasteiger partial charge in [0.1, 0.15) is 12.0 Å². The van der Waals surface area contributed by atoms with E-state index in [9.17, 15) is 9.50 Å². The lowest BCUT2D eigenvalue weighted by Gasteiger charge is -2.39. The highest BCUT2D eigenvalue weighted by Crippen LogP contribution is 2.19. The summed E-state index contributed by atoms with van der Waals surface area (Å²) in [6, 6.07) is 16.6. The van der Waals surface area contributed by atoms with Crippen LogP contribution in [0, 0.1) is 5.82 Å². The van der Waals surface area contributed by atoms with E-state index in [-0.39, 0.29) is 12.0 Å². The Morgan fingerprint density at radius 3 is 2.32 bits per heavy atom. The molecule has 3 rings (SSSR count). The summed E-state index contributed by atoms with van der Waals surface area (Å²) in [6.45, 7) is 7.45. The molecule has 1 saturated heterocycles. The molecule has 0 saturated carbocycles. The van der Waals surface area contributed by atoms with Gasteiger partial charge in [0.2, 0.25) is 0 Å². The maximum absolute atomic E-state index is 13.0. The Labute approximate surface area is 167 Å². The van der Waals surface area contributed by atoms with Crippen molar-refractivity contribution in [1.82, 2.24) is 9.80 Å². The smallest absolute Gasteiger partial charge is 0.123 e. The van der Waals surface area contributed by atoms with E-state index in [1.807, 2.05) is 13.0 Å². The molecule has 152 valence electrons. The third-order valence-electron chi connectivity index (χ3n) is 5.40. The van der Waals surface area contributed by atoms with Crippen LogP contribution in [0.1, 0.15) is 30.6 Å². The monoisotopic (exact) mass is 386 g/mol. The summed E-state index contributed by atoms with van der Waals surface area (Å²) in [5.41, 5.74) is 2.07. The van der Waals surface area contributed by atoms with Crippen molar-refractivity contribution < 1.29 is 14.2 Å². The minimum atomic E-state index is -0.548. The van der Waals surface area contributed by atoms with Gasteiger partial charge in [0.15, 0.2) is 0 Å². The van der Waals surface area contributed by atoms with Gasteiger partial charge in [0, 0.05) is 45.8 Å². The van der Waals surface area contributed by atoms with Crippen LogP contribution >= 0.6 is 0 Å². The van der Waals surface area contributed by atoms with Crippen molar-refractivity contribution in [2.45, 2.75) is 32.1 Å². The Balaban J connectivity index is 1.45. The fourth-order valence-corrected chi connectivity index (χ4v) is 3.73. The molecule has 4 nitrogen and oxygen atoms in total. The number of aliphatic hydroxyl groups is 1. The van der Waals surface area contributed by atoms with Gasteiger partial charge < -0.3 is 14.7 Å². The van der Waals surface area contributed by atoms with E-state index >= 15 is 0 Å². The van der Waals surface area contributed by atoms with Crippen molar-refractivity contribution in [2.24, 2.45) is 0 Å². The molecule has 1 aliphatic heterocycles. The number of hydrogen-bond donors (Lipinski definition) is 1. The predicted molar refractivity (Wildman–Crippen MR) is 110 cm³/mol. The zero-order chi connectivity index (χ0) is 19.8. The first-order valence-corrected chi connectivity index (χ1v) is 10.2. The second-order valence-electron chi connectivity index (χ2n) is 7.33. The standard InChI is InChI=1S/C23H31FN2O2/c1-2-28-23(18-19-6-4-3-5-7-19)26-16-14-25(15-17-26)13-12-22(27)20-8-10-21(24)11-9-20/h3-11,22-23,27H,2,12-18H2,1H3. The van der Waals surface area contributed by atoms with Crippen LogP contribution in [-0.4, -0.2) is 60.5 Å². The average Bonchev–Trinajstić information content (AvgIpc) is 2.73. The van der Waals surface area contributed by atoms with Crippen LogP contribution in [0.25, 0.3) is 0 Å². The normalized spacial score (nSPS) is 18.1. The summed E-state index contributed by atoms with van der Waals surface area (Å²) in [6.07, 6.45) is 1.12. The molecule has 2 aromatic rings. The highest BCUT2D eigenvalue weighted by Gasteiger charge is 2.24. The van der Waals surface area contributed by atoms with Gasteiger partial charge in [-0.3, -0.25) is 4.90 Å². The summed E-state index contributed by atoms with van der Waals surface area (Å²) >= 11 is 0. The summed E-state index contributed by atoms with van der Waals surface area (Å²) in [5, 5.41) is 10.3. The van der Waals surface area contributed by atoms with E-state index < -0.39 is 6.10 Å². The molecule has 0 aliphatic carbocycles. The van der Waals surface area contributed by atoms with E-state index in [0.717, 1.165) is 44.7 Å². The van der Waals surface area contributed by atoms with Gasteiger partial charge in [-0.2, -0.15) is 0 Å². The molecular weight excluding hydrogens is 355 g/mol. The molecule has 2 unspecified atom stereocenters. The summed E-state index contributed by atoms with van der Waals surface area (Å²) in [5.74, 6) is -0.272. The van der Waals surface area contributed by atoms with Crippen LogP contribution < -0.4 is 0 Å². The molecule has 1 N–H and O–H groups in total. The Kier molecular flexibility index (Phi) is 7.98. The minimum absolute atomic E-state index is 0.111. The highest BCUT2D eigenvalue weighted by atomic mass is 19.1. The summed E-state index contributed by atoms with van der Waals surface area (Å²) in [4.78, 5) is 4.80. The van der Waals surface area contributed by atoms with Crippen LogP contribution in [0.15, 0.2) is 54.6 Å². The lowest BCUT2D eigenvalue weighted by atomic mass is 10.1. The molecule has 1 heterocycles. The highest BCUT2D eigenvalue weighted by molar-refractivity contribution is 5.18. The van der Waals surface area contributed by atoms with E-state index in [0.29, 0.717) is 13.0 Å². The lowest BCUT2D eigenvalue weighted by Crippen LogP contribution is -2.52. The third kappa shape index (κ3) is 6.11. The molecule has 28 heavy (non-hydrogen) atoms. The zero-order valence-electron chi connectivity index (χ0n) is 16.6.